The van der Waals surface area contributed by atoms with E-state index in [1.54, 1.807) is 29.5 Å². The second kappa shape index (κ2) is 8.38. The number of nitrogens with one attached hydrogen (secondary N) is 2. The van der Waals surface area contributed by atoms with Gasteiger partial charge < -0.3 is 10.1 Å². The topological polar surface area (TPSA) is 71.9 Å². The van der Waals surface area contributed by atoms with E-state index < -0.39 is 0 Å². The van der Waals surface area contributed by atoms with Crippen LogP contribution in [-0.2, 0) is 11.3 Å². The van der Waals surface area contributed by atoms with Crippen LogP contribution in [-0.4, -0.2) is 33.5 Å². The van der Waals surface area contributed by atoms with Gasteiger partial charge in [-0.2, -0.15) is 5.10 Å². The minimum absolute atomic E-state index is 0.0188. The lowest BCUT2D eigenvalue weighted by molar-refractivity contribution is -0.122. The van der Waals surface area contributed by atoms with Crippen LogP contribution in [0.1, 0.15) is 18.0 Å². The number of carbonyl (C=O) groups excluding carboxylic acids is 1. The maximum atomic E-state index is 13.7. The normalized spacial score (nSPS) is 15.6. The van der Waals surface area contributed by atoms with Crippen molar-refractivity contribution in [3.8, 4) is 17.1 Å². The number of aromatic nitrogens is 3. The fourth-order valence-electron chi connectivity index (χ4n) is 3.32. The van der Waals surface area contributed by atoms with Crippen molar-refractivity contribution >= 4 is 29.9 Å². The lowest BCUT2D eigenvalue weighted by Crippen LogP contribution is -2.33. The second-order valence-electron chi connectivity index (χ2n) is 6.61. The first-order valence-electron chi connectivity index (χ1n) is 9.06. The number of fused-ring (bicyclic) bond motifs is 1. The van der Waals surface area contributed by atoms with Crippen molar-refractivity contribution in [2.45, 2.75) is 23.9 Å². The molecular weight excluding hydrogens is 411 g/mol. The molecule has 1 aliphatic rings. The van der Waals surface area contributed by atoms with Crippen LogP contribution in [0.2, 0.25) is 0 Å². The first-order valence-corrected chi connectivity index (χ1v) is 10.5. The molecule has 0 radical (unpaired) electrons. The largest absolute Gasteiger partial charge is 0.497 e. The third-order valence-corrected chi connectivity index (χ3v) is 6.19. The summed E-state index contributed by atoms with van der Waals surface area (Å²) in [4.78, 5) is 13.8. The zero-order valence-electron chi connectivity index (χ0n) is 15.6. The highest BCUT2D eigenvalue weighted by molar-refractivity contribution is 7.99. The van der Waals surface area contributed by atoms with Crippen molar-refractivity contribution in [1.29, 1.82) is 0 Å². The van der Waals surface area contributed by atoms with Crippen molar-refractivity contribution in [3.63, 3.8) is 0 Å². The molecule has 0 saturated carbocycles. The van der Waals surface area contributed by atoms with E-state index in [4.69, 9.17) is 17.0 Å². The molecule has 150 valence electrons. The summed E-state index contributed by atoms with van der Waals surface area (Å²) < 4.78 is 20.9. The standard InChI is InChI=1S/C20H19FN4O2S2/c1-27-14-5-2-12(3-6-14)19-23-24-20(28)25(19)11-18(26)22-16-8-9-29-17-7-4-13(21)10-15(16)17/h2-7,10,16H,8-9,11H2,1H3,(H,22,26)(H,24,28). The van der Waals surface area contributed by atoms with E-state index in [0.29, 0.717) is 10.6 Å². The minimum Gasteiger partial charge on any atom is -0.497 e. The SMILES string of the molecule is COc1ccc(-c2n[nH]c(=S)n2CC(=O)NC2CCSc3ccc(F)cc32)cc1. The summed E-state index contributed by atoms with van der Waals surface area (Å²) >= 11 is 6.99. The molecule has 0 fully saturated rings. The number of methoxy groups -OCH3 is 1. The maximum absolute atomic E-state index is 13.7. The van der Waals surface area contributed by atoms with Crippen molar-refractivity contribution < 1.29 is 13.9 Å². The Bertz CT molecular complexity index is 1090. The molecular formula is C20H19FN4O2S2. The van der Waals surface area contributed by atoms with Gasteiger partial charge in [0.05, 0.1) is 13.2 Å². The second-order valence-corrected chi connectivity index (χ2v) is 8.13. The fourth-order valence-corrected chi connectivity index (χ4v) is 4.63. The van der Waals surface area contributed by atoms with Crippen LogP contribution in [0.5, 0.6) is 5.75 Å². The monoisotopic (exact) mass is 430 g/mol. The first-order chi connectivity index (χ1) is 14.0. The van der Waals surface area contributed by atoms with Gasteiger partial charge in [0.2, 0.25) is 5.91 Å². The molecule has 1 unspecified atom stereocenters. The Morgan fingerprint density at radius 2 is 2.17 bits per heavy atom. The van der Waals surface area contributed by atoms with Gasteiger partial charge in [-0.05, 0) is 66.7 Å². The van der Waals surface area contributed by atoms with E-state index in [1.165, 1.54) is 12.1 Å². The summed E-state index contributed by atoms with van der Waals surface area (Å²) in [6, 6.07) is 11.8. The Morgan fingerprint density at radius 1 is 1.38 bits per heavy atom. The number of benzene rings is 2. The molecule has 0 bridgehead atoms. The van der Waals surface area contributed by atoms with Crippen LogP contribution < -0.4 is 10.1 Å². The quantitative estimate of drug-likeness (QED) is 0.596. The van der Waals surface area contributed by atoms with E-state index in [2.05, 4.69) is 15.5 Å². The van der Waals surface area contributed by atoms with E-state index in [0.717, 1.165) is 33.9 Å². The molecule has 0 saturated heterocycles. The van der Waals surface area contributed by atoms with Gasteiger partial charge in [0.1, 0.15) is 18.1 Å². The Labute approximate surface area is 176 Å². The van der Waals surface area contributed by atoms with Crippen LogP contribution >= 0.6 is 24.0 Å². The molecule has 1 aliphatic heterocycles. The zero-order valence-corrected chi connectivity index (χ0v) is 17.3. The molecule has 6 nitrogen and oxygen atoms in total. The highest BCUT2D eigenvalue weighted by Gasteiger charge is 2.23. The maximum Gasteiger partial charge on any atom is 0.240 e. The van der Waals surface area contributed by atoms with Gasteiger partial charge in [-0.25, -0.2) is 4.39 Å². The number of amides is 1. The van der Waals surface area contributed by atoms with E-state index in [9.17, 15) is 9.18 Å². The highest BCUT2D eigenvalue weighted by atomic mass is 32.2. The fraction of sp³-hybridized carbons (Fsp3) is 0.250. The van der Waals surface area contributed by atoms with Gasteiger partial charge >= 0.3 is 0 Å². The summed E-state index contributed by atoms with van der Waals surface area (Å²) in [7, 11) is 1.60. The zero-order chi connectivity index (χ0) is 20.4. The number of ether oxygens (including phenoxy) is 1. The highest BCUT2D eigenvalue weighted by Crippen LogP contribution is 2.36. The Morgan fingerprint density at radius 3 is 2.93 bits per heavy atom. The van der Waals surface area contributed by atoms with Crippen LogP contribution in [0.4, 0.5) is 4.39 Å². The number of rotatable bonds is 5. The van der Waals surface area contributed by atoms with Crippen molar-refractivity contribution in [3.05, 3.63) is 58.6 Å². The van der Waals surface area contributed by atoms with Gasteiger partial charge in [-0.3, -0.25) is 14.5 Å². The van der Waals surface area contributed by atoms with Crippen molar-refractivity contribution in [1.82, 2.24) is 20.1 Å². The number of H-pyrrole nitrogens is 1. The third-order valence-electron chi connectivity index (χ3n) is 4.75. The molecule has 0 aliphatic carbocycles. The molecule has 3 aromatic rings. The minimum atomic E-state index is -0.302. The number of carbonyl (C=O) groups is 1. The van der Waals surface area contributed by atoms with Crippen molar-refractivity contribution in [2.24, 2.45) is 0 Å². The number of hydrogen-bond donors (Lipinski definition) is 2. The lowest BCUT2D eigenvalue weighted by Gasteiger charge is -2.26. The van der Waals surface area contributed by atoms with Gasteiger partial charge in [0, 0.05) is 16.2 Å². The Kier molecular flexibility index (Phi) is 5.68. The number of thioether (sulfide) groups is 1. The van der Waals surface area contributed by atoms with Crippen LogP contribution in [0.25, 0.3) is 11.4 Å². The van der Waals surface area contributed by atoms with Crippen LogP contribution in [0.3, 0.4) is 0 Å². The van der Waals surface area contributed by atoms with E-state index in [-0.39, 0.29) is 24.3 Å². The van der Waals surface area contributed by atoms with Crippen LogP contribution in [0, 0.1) is 10.6 Å². The predicted octanol–water partition coefficient (Wildman–Crippen LogP) is 4.11. The molecule has 1 atom stereocenters. The van der Waals surface area contributed by atoms with Gasteiger partial charge in [0.25, 0.3) is 0 Å². The van der Waals surface area contributed by atoms with E-state index >= 15 is 0 Å². The molecule has 2 N–H and O–H groups in total. The number of nitrogens with zero attached hydrogens (tertiary/aromatic N) is 2. The van der Waals surface area contributed by atoms with Crippen molar-refractivity contribution in [2.75, 3.05) is 12.9 Å². The molecule has 1 amide bonds. The number of hydrogen-bond acceptors (Lipinski definition) is 5. The van der Waals surface area contributed by atoms with Crippen LogP contribution in [0.15, 0.2) is 47.4 Å². The predicted molar refractivity (Wildman–Crippen MR) is 112 cm³/mol. The Balaban J connectivity index is 1.54. The molecule has 9 heteroatoms. The average molecular weight is 431 g/mol. The summed E-state index contributed by atoms with van der Waals surface area (Å²) in [6.07, 6.45) is 0.745. The summed E-state index contributed by atoms with van der Waals surface area (Å²) in [6.45, 7) is 0.0188. The smallest absolute Gasteiger partial charge is 0.240 e. The summed E-state index contributed by atoms with van der Waals surface area (Å²) in [5.74, 6) is 1.66. The molecule has 29 heavy (non-hydrogen) atoms. The summed E-state index contributed by atoms with van der Waals surface area (Å²) in [5.41, 5.74) is 1.63. The first kappa shape index (κ1) is 19.7. The van der Waals surface area contributed by atoms with E-state index in [1.807, 2.05) is 24.3 Å². The molecule has 0 spiro atoms. The third kappa shape index (κ3) is 4.20. The van der Waals surface area contributed by atoms with Gasteiger partial charge in [-0.1, -0.05) is 0 Å². The molecule has 4 rings (SSSR count). The Hall–Kier alpha value is -2.65. The van der Waals surface area contributed by atoms with Gasteiger partial charge in [-0.15, -0.1) is 11.8 Å². The lowest BCUT2D eigenvalue weighted by atomic mass is 10.0. The van der Waals surface area contributed by atoms with Gasteiger partial charge in [0.15, 0.2) is 10.6 Å². The average Bonchev–Trinajstić information content (AvgIpc) is 3.08. The molecule has 1 aromatic heterocycles. The number of aromatic amines is 1. The molecule has 2 aromatic carbocycles. The molecule has 2 heterocycles. The summed E-state index contributed by atoms with van der Waals surface area (Å²) in [5, 5.41) is 10.0. The number of halogens is 1.